The minimum atomic E-state index is -0.0936. The molecule has 1 aromatic heterocycles. The predicted molar refractivity (Wildman–Crippen MR) is 97.3 cm³/mol. The summed E-state index contributed by atoms with van der Waals surface area (Å²) in [6.07, 6.45) is 0. The molecule has 0 unspecified atom stereocenters. The van der Waals surface area contributed by atoms with Crippen molar-refractivity contribution in [1.29, 1.82) is 0 Å². The van der Waals surface area contributed by atoms with Gasteiger partial charge >= 0.3 is 0 Å². The molecule has 1 N–H and O–H groups in total. The van der Waals surface area contributed by atoms with E-state index < -0.39 is 0 Å². The second-order valence-corrected chi connectivity index (χ2v) is 5.57. The van der Waals surface area contributed by atoms with Gasteiger partial charge in [-0.2, -0.15) is 0 Å². The van der Waals surface area contributed by atoms with E-state index in [4.69, 9.17) is 0 Å². The molecule has 0 atom stereocenters. The molecule has 116 valence electrons. The quantitative estimate of drug-likeness (QED) is 0.594. The summed E-state index contributed by atoms with van der Waals surface area (Å²) in [6.45, 7) is 0. The average molecular weight is 312 g/mol. The van der Waals surface area contributed by atoms with Crippen LogP contribution in [0, 0.1) is 0 Å². The molecule has 0 saturated carbocycles. The van der Waals surface area contributed by atoms with E-state index in [1.165, 1.54) is 0 Å². The third-order valence-electron chi connectivity index (χ3n) is 4.02. The van der Waals surface area contributed by atoms with Gasteiger partial charge < -0.3 is 0 Å². The summed E-state index contributed by atoms with van der Waals surface area (Å²) in [6, 6.07) is 29.6. The summed E-state index contributed by atoms with van der Waals surface area (Å²) in [5, 5.41) is 2.99. The Morgan fingerprint density at radius 1 is 0.625 bits per heavy atom. The number of H-pyrrole nitrogens is 1. The van der Waals surface area contributed by atoms with Crippen molar-refractivity contribution in [2.24, 2.45) is 0 Å². The molecule has 0 radical (unpaired) electrons. The lowest BCUT2D eigenvalue weighted by atomic mass is 10.0. The van der Waals surface area contributed by atoms with Crippen LogP contribution in [-0.2, 0) is 0 Å². The van der Waals surface area contributed by atoms with Crippen LogP contribution in [0.15, 0.2) is 95.8 Å². The number of hydrogen-bond donors (Lipinski definition) is 1. The maximum atomic E-state index is 12.7. The van der Waals surface area contributed by atoms with Gasteiger partial charge in [0.15, 0.2) is 0 Å². The molecule has 24 heavy (non-hydrogen) atoms. The van der Waals surface area contributed by atoms with Crippen LogP contribution >= 0.6 is 0 Å². The van der Waals surface area contributed by atoms with E-state index in [0.29, 0.717) is 5.56 Å². The molecule has 0 spiro atoms. The molecule has 0 aliphatic carbocycles. The Bertz CT molecular complexity index is 1000. The Labute approximate surface area is 139 Å². The van der Waals surface area contributed by atoms with Crippen molar-refractivity contribution in [3.63, 3.8) is 0 Å². The highest BCUT2D eigenvalue weighted by Gasteiger charge is 2.18. The zero-order valence-corrected chi connectivity index (χ0v) is 13.0. The fourth-order valence-electron chi connectivity index (χ4n) is 2.95. The minimum Gasteiger partial charge on any atom is -0.267 e. The van der Waals surface area contributed by atoms with E-state index in [1.54, 1.807) is 0 Å². The summed E-state index contributed by atoms with van der Waals surface area (Å²) in [4.78, 5) is 12.7. The van der Waals surface area contributed by atoms with Gasteiger partial charge in [0, 0.05) is 5.56 Å². The number of nitrogens with zero attached hydrogens (tertiary/aromatic N) is 1. The molecule has 3 aromatic carbocycles. The summed E-state index contributed by atoms with van der Waals surface area (Å²) < 4.78 is 1.86. The number of aromatic amines is 1. The molecular weight excluding hydrogens is 296 g/mol. The maximum absolute atomic E-state index is 12.7. The molecular formula is C21H16N2O. The van der Waals surface area contributed by atoms with Crippen LogP contribution in [0.1, 0.15) is 0 Å². The Balaban J connectivity index is 2.05. The van der Waals surface area contributed by atoms with Crippen LogP contribution < -0.4 is 5.56 Å². The van der Waals surface area contributed by atoms with Crippen LogP contribution in [0.5, 0.6) is 0 Å². The van der Waals surface area contributed by atoms with E-state index in [1.807, 2.05) is 95.7 Å². The maximum Gasteiger partial charge on any atom is 0.272 e. The van der Waals surface area contributed by atoms with Gasteiger partial charge in [-0.15, -0.1) is 0 Å². The topological polar surface area (TPSA) is 37.8 Å². The van der Waals surface area contributed by atoms with Gasteiger partial charge in [0.05, 0.1) is 16.9 Å². The summed E-state index contributed by atoms with van der Waals surface area (Å²) in [7, 11) is 0. The number of rotatable bonds is 3. The SMILES string of the molecule is O=c1[nH]n(-c2ccccc2)c(-c2ccccc2)c1-c1ccccc1. The van der Waals surface area contributed by atoms with Gasteiger partial charge in [-0.05, 0) is 17.7 Å². The highest BCUT2D eigenvalue weighted by Crippen LogP contribution is 2.31. The molecule has 0 fully saturated rings. The van der Waals surface area contributed by atoms with Gasteiger partial charge in [0.1, 0.15) is 0 Å². The number of benzene rings is 3. The van der Waals surface area contributed by atoms with E-state index in [2.05, 4.69) is 5.10 Å². The lowest BCUT2D eigenvalue weighted by Crippen LogP contribution is -2.05. The van der Waals surface area contributed by atoms with Crippen molar-refractivity contribution in [2.75, 3.05) is 0 Å². The Hall–Kier alpha value is -3.33. The van der Waals surface area contributed by atoms with Gasteiger partial charge in [-0.1, -0.05) is 78.9 Å². The lowest BCUT2D eigenvalue weighted by molar-refractivity contribution is 0.871. The summed E-state index contributed by atoms with van der Waals surface area (Å²) in [5.41, 5.74) is 4.30. The monoisotopic (exact) mass is 312 g/mol. The fraction of sp³-hybridized carbons (Fsp3) is 0. The van der Waals surface area contributed by atoms with Crippen molar-refractivity contribution in [3.8, 4) is 28.1 Å². The van der Waals surface area contributed by atoms with E-state index in [-0.39, 0.29) is 5.56 Å². The molecule has 0 aliphatic rings. The van der Waals surface area contributed by atoms with Gasteiger partial charge in [0.25, 0.3) is 5.56 Å². The van der Waals surface area contributed by atoms with Gasteiger partial charge in [-0.25, -0.2) is 0 Å². The van der Waals surface area contributed by atoms with Crippen LogP contribution in [0.4, 0.5) is 0 Å². The summed E-state index contributed by atoms with van der Waals surface area (Å²) in [5.74, 6) is 0. The molecule has 3 nitrogen and oxygen atoms in total. The summed E-state index contributed by atoms with van der Waals surface area (Å²) >= 11 is 0. The third kappa shape index (κ3) is 2.46. The molecule has 3 heteroatoms. The molecule has 0 bridgehead atoms. The second kappa shape index (κ2) is 6.05. The van der Waals surface area contributed by atoms with E-state index in [0.717, 1.165) is 22.5 Å². The largest absolute Gasteiger partial charge is 0.272 e. The lowest BCUT2D eigenvalue weighted by Gasteiger charge is -2.10. The first-order valence-electron chi connectivity index (χ1n) is 7.86. The minimum absolute atomic E-state index is 0.0936. The Kier molecular flexibility index (Phi) is 3.60. The van der Waals surface area contributed by atoms with Crippen molar-refractivity contribution >= 4 is 0 Å². The first-order chi connectivity index (χ1) is 11.8. The van der Waals surface area contributed by atoms with Gasteiger partial charge in [0.2, 0.25) is 0 Å². The first-order valence-corrected chi connectivity index (χ1v) is 7.86. The molecule has 1 heterocycles. The van der Waals surface area contributed by atoms with Crippen LogP contribution in [0.3, 0.4) is 0 Å². The van der Waals surface area contributed by atoms with E-state index >= 15 is 0 Å². The Morgan fingerprint density at radius 2 is 1.12 bits per heavy atom. The molecule has 4 aromatic rings. The zero-order chi connectivity index (χ0) is 16.4. The third-order valence-corrected chi connectivity index (χ3v) is 4.02. The highest BCUT2D eigenvalue weighted by molar-refractivity contribution is 5.81. The standard InChI is InChI=1S/C21H16N2O/c24-21-19(16-10-4-1-5-11-16)20(17-12-6-2-7-13-17)23(22-21)18-14-8-3-9-15-18/h1-15H,(H,22,24). The average Bonchev–Trinajstić information content (AvgIpc) is 3.01. The zero-order valence-electron chi connectivity index (χ0n) is 13.0. The highest BCUT2D eigenvalue weighted by atomic mass is 16.1. The van der Waals surface area contributed by atoms with Crippen LogP contribution in [0.2, 0.25) is 0 Å². The molecule has 4 rings (SSSR count). The number of para-hydroxylation sites is 1. The van der Waals surface area contributed by atoms with Crippen LogP contribution in [0.25, 0.3) is 28.1 Å². The molecule has 0 aliphatic heterocycles. The van der Waals surface area contributed by atoms with Crippen molar-refractivity contribution < 1.29 is 0 Å². The molecule has 0 amide bonds. The number of aromatic nitrogens is 2. The van der Waals surface area contributed by atoms with Crippen LogP contribution in [-0.4, -0.2) is 9.78 Å². The first kappa shape index (κ1) is 14.3. The van der Waals surface area contributed by atoms with Crippen molar-refractivity contribution in [1.82, 2.24) is 9.78 Å². The molecule has 0 saturated heterocycles. The Morgan fingerprint density at radius 3 is 1.71 bits per heavy atom. The van der Waals surface area contributed by atoms with Crippen molar-refractivity contribution in [3.05, 3.63) is 101 Å². The normalized spacial score (nSPS) is 10.7. The predicted octanol–water partition coefficient (Wildman–Crippen LogP) is 4.50. The number of nitrogens with one attached hydrogen (secondary N) is 1. The second-order valence-electron chi connectivity index (χ2n) is 5.57. The fourth-order valence-corrected chi connectivity index (χ4v) is 2.95. The van der Waals surface area contributed by atoms with E-state index in [9.17, 15) is 4.79 Å². The van der Waals surface area contributed by atoms with Crippen molar-refractivity contribution in [2.45, 2.75) is 0 Å². The smallest absolute Gasteiger partial charge is 0.267 e. The van der Waals surface area contributed by atoms with Gasteiger partial charge in [-0.3, -0.25) is 14.6 Å². The number of hydrogen-bond acceptors (Lipinski definition) is 1.